The van der Waals surface area contributed by atoms with Crippen molar-refractivity contribution in [2.45, 2.75) is 50.3 Å². The van der Waals surface area contributed by atoms with E-state index < -0.39 is 7.82 Å². The van der Waals surface area contributed by atoms with Gasteiger partial charge in [0.2, 0.25) is 5.95 Å². The van der Waals surface area contributed by atoms with E-state index in [4.69, 9.17) is 29.5 Å². The van der Waals surface area contributed by atoms with Crippen LogP contribution in [-0.2, 0) is 23.1 Å². The maximum absolute atomic E-state index is 11.7. The van der Waals surface area contributed by atoms with Crippen LogP contribution in [-0.4, -0.2) is 88.0 Å². The van der Waals surface area contributed by atoms with Crippen LogP contribution in [0.5, 0.6) is 0 Å². The third-order valence-electron chi connectivity index (χ3n) is 6.68. The molecule has 0 aromatic carbocycles. The number of fused-ring (bicyclic) bond motifs is 2. The Morgan fingerprint density at radius 3 is 2.33 bits per heavy atom. The largest absolute Gasteiger partial charge is 0.469 e. The Balaban J connectivity index is 0.000000169. The lowest BCUT2D eigenvalue weighted by Crippen LogP contribution is -2.16. The van der Waals surface area contributed by atoms with Gasteiger partial charge in [0.25, 0.3) is 5.56 Å². The zero-order chi connectivity index (χ0) is 29.9. The standard InChI is InChI=1S/C11H16N5O5P.C11H16N5O3P/c1-12-10-9-11(14-5-13-10)16(6-15-9)8-3-2-7(21-8)4-20-22(17,18)19;1-20-18-4-6-2-3-7(19-6)16-5-13-8-9(16)14-11(12)15-10(8)17/h5-8H,2-4H2,1H3,(H,12,13,14)(H2,17,18,19);5-7,20H,2-4H2,1H3,(H3,12,14,15,17). The number of nitrogens with zero attached hydrogens (tertiary/aromatic N) is 7. The van der Waals surface area contributed by atoms with Crippen LogP contribution in [0.15, 0.2) is 23.8 Å². The number of imidazole rings is 2. The quantitative estimate of drug-likeness (QED) is 0.164. The van der Waals surface area contributed by atoms with Gasteiger partial charge in [0.15, 0.2) is 22.6 Å². The third-order valence-corrected chi connectivity index (χ3v) is 7.62. The van der Waals surface area contributed by atoms with E-state index in [0.29, 0.717) is 50.9 Å². The molecule has 0 spiro atoms. The summed E-state index contributed by atoms with van der Waals surface area (Å²) in [5, 5.41) is 2.95. The molecule has 2 fully saturated rings. The van der Waals surface area contributed by atoms with Crippen molar-refractivity contribution in [1.82, 2.24) is 39.0 Å². The summed E-state index contributed by atoms with van der Waals surface area (Å²) < 4.78 is 35.8. The van der Waals surface area contributed by atoms with E-state index in [2.05, 4.69) is 39.7 Å². The fourth-order valence-corrected chi connectivity index (χ4v) is 5.50. The maximum Gasteiger partial charge on any atom is 0.469 e. The molecule has 2 aliphatic heterocycles. The zero-order valence-corrected chi connectivity index (χ0v) is 24.7. The zero-order valence-electron chi connectivity index (χ0n) is 22.8. The van der Waals surface area contributed by atoms with Crippen molar-refractivity contribution in [3.63, 3.8) is 0 Å². The summed E-state index contributed by atoms with van der Waals surface area (Å²) in [5.41, 5.74) is 7.25. The van der Waals surface area contributed by atoms with E-state index >= 15 is 0 Å². The number of phosphoric ester groups is 1. The minimum Gasteiger partial charge on any atom is -0.371 e. The Bertz CT molecular complexity index is 1620. The maximum atomic E-state index is 11.7. The molecule has 2 aliphatic rings. The Morgan fingerprint density at radius 2 is 1.69 bits per heavy atom. The van der Waals surface area contributed by atoms with E-state index in [1.807, 2.05) is 6.66 Å². The summed E-state index contributed by atoms with van der Waals surface area (Å²) in [6, 6.07) is 0. The van der Waals surface area contributed by atoms with Crippen LogP contribution in [0.3, 0.4) is 0 Å². The minimum absolute atomic E-state index is 0.0734. The van der Waals surface area contributed by atoms with Crippen LogP contribution in [0.2, 0.25) is 0 Å². The Hall–Kier alpha value is -3.08. The number of aromatic amines is 1. The molecule has 6 rings (SSSR count). The summed E-state index contributed by atoms with van der Waals surface area (Å²) in [4.78, 5) is 52.4. The van der Waals surface area contributed by atoms with Gasteiger partial charge in [0, 0.05) is 15.9 Å². The molecule has 6 heterocycles. The Morgan fingerprint density at radius 1 is 1.05 bits per heavy atom. The van der Waals surface area contributed by atoms with Gasteiger partial charge in [-0.3, -0.25) is 23.4 Å². The van der Waals surface area contributed by atoms with Crippen LogP contribution in [0.4, 0.5) is 11.8 Å². The SMILES string of the molecule is CNc1ncnc2c1ncn2C1CCC(COP(=O)(O)O)O1.CPOCC1CCC(n2cnc3c(=O)[nH]c(N)nc32)O1. The number of anilines is 2. The van der Waals surface area contributed by atoms with Gasteiger partial charge in [-0.15, -0.1) is 0 Å². The summed E-state index contributed by atoms with van der Waals surface area (Å²) in [7, 11) is -2.27. The summed E-state index contributed by atoms with van der Waals surface area (Å²) in [5.74, 6) is 0.706. The van der Waals surface area contributed by atoms with Crippen LogP contribution in [0, 0.1) is 0 Å². The van der Waals surface area contributed by atoms with E-state index in [0.717, 1.165) is 12.8 Å². The van der Waals surface area contributed by atoms with Crippen LogP contribution >= 0.6 is 16.6 Å². The van der Waals surface area contributed by atoms with Crippen molar-refractivity contribution in [2.24, 2.45) is 0 Å². The first-order valence-electron chi connectivity index (χ1n) is 13.0. The van der Waals surface area contributed by atoms with Crippen molar-refractivity contribution < 1.29 is 32.9 Å². The molecule has 0 amide bonds. The molecule has 4 aromatic rings. The highest BCUT2D eigenvalue weighted by Gasteiger charge is 2.31. The average molecular weight is 627 g/mol. The fraction of sp³-hybridized carbons (Fsp3) is 0.545. The highest BCUT2D eigenvalue weighted by atomic mass is 31.2. The number of phosphoric acid groups is 1. The normalized spacial score (nSPS) is 22.8. The van der Waals surface area contributed by atoms with E-state index in [9.17, 15) is 9.36 Å². The molecule has 0 radical (unpaired) electrons. The molecule has 0 bridgehead atoms. The number of nitrogens with two attached hydrogens (primary N) is 1. The van der Waals surface area contributed by atoms with Crippen LogP contribution < -0.4 is 16.6 Å². The Kier molecular flexibility index (Phi) is 9.44. The van der Waals surface area contributed by atoms with Crippen molar-refractivity contribution in [3.05, 3.63) is 29.3 Å². The van der Waals surface area contributed by atoms with Crippen molar-refractivity contribution in [3.8, 4) is 0 Å². The predicted octanol–water partition coefficient (Wildman–Crippen LogP) is 1.27. The van der Waals surface area contributed by atoms with Crippen LogP contribution in [0.1, 0.15) is 38.1 Å². The van der Waals surface area contributed by atoms with Gasteiger partial charge in [-0.1, -0.05) is 0 Å². The summed E-state index contributed by atoms with van der Waals surface area (Å²) >= 11 is 0. The summed E-state index contributed by atoms with van der Waals surface area (Å²) in [6.45, 7) is 2.42. The number of hydrogen-bond donors (Lipinski definition) is 5. The van der Waals surface area contributed by atoms with Crippen molar-refractivity contribution in [1.29, 1.82) is 0 Å². The minimum atomic E-state index is -4.48. The lowest BCUT2D eigenvalue weighted by atomic mass is 10.2. The lowest BCUT2D eigenvalue weighted by Gasteiger charge is -2.15. The van der Waals surface area contributed by atoms with Crippen molar-refractivity contribution in [2.75, 3.05) is 38.0 Å². The second-order valence-corrected chi connectivity index (χ2v) is 11.4. The predicted molar refractivity (Wildman–Crippen MR) is 152 cm³/mol. The molecular formula is C22H32N10O8P2. The Labute approximate surface area is 240 Å². The first-order chi connectivity index (χ1) is 20.2. The number of nitrogen functional groups attached to an aromatic ring is 1. The second kappa shape index (κ2) is 13.1. The monoisotopic (exact) mass is 626 g/mol. The molecular weight excluding hydrogens is 594 g/mol. The average Bonchev–Trinajstić information content (AvgIpc) is 3.75. The smallest absolute Gasteiger partial charge is 0.371 e. The number of aromatic nitrogens is 8. The van der Waals surface area contributed by atoms with Gasteiger partial charge < -0.3 is 34.8 Å². The van der Waals surface area contributed by atoms with Gasteiger partial charge in [-0.05, 0) is 32.3 Å². The second-order valence-electron chi connectivity index (χ2n) is 9.45. The topological polar surface area (TPSA) is 240 Å². The number of H-pyrrole nitrogens is 1. The molecule has 42 heavy (non-hydrogen) atoms. The molecule has 0 saturated carbocycles. The van der Waals surface area contributed by atoms with Gasteiger partial charge in [-0.25, -0.2) is 24.5 Å². The van der Waals surface area contributed by atoms with Gasteiger partial charge in [0.05, 0.1) is 38.1 Å². The first-order valence-corrected chi connectivity index (χ1v) is 16.0. The molecule has 18 nitrogen and oxygen atoms in total. The first kappa shape index (κ1) is 30.4. The van der Waals surface area contributed by atoms with E-state index in [1.165, 1.54) is 6.33 Å². The van der Waals surface area contributed by atoms with Gasteiger partial charge in [0.1, 0.15) is 24.3 Å². The number of rotatable bonds is 9. The van der Waals surface area contributed by atoms with Gasteiger partial charge in [-0.2, -0.15) is 4.98 Å². The molecule has 20 heteroatoms. The number of nitrogens with one attached hydrogen (secondary N) is 2. The number of hydrogen-bond acceptors (Lipinski definition) is 13. The molecule has 4 aromatic heterocycles. The van der Waals surface area contributed by atoms with Crippen LogP contribution in [0.25, 0.3) is 22.3 Å². The molecule has 5 unspecified atom stereocenters. The van der Waals surface area contributed by atoms with E-state index in [-0.39, 0.29) is 48.3 Å². The third kappa shape index (κ3) is 6.93. The fourth-order valence-electron chi connectivity index (χ4n) is 4.78. The lowest BCUT2D eigenvalue weighted by molar-refractivity contribution is -0.0205. The summed E-state index contributed by atoms with van der Waals surface area (Å²) in [6.07, 6.45) is 6.92. The molecule has 2 saturated heterocycles. The van der Waals surface area contributed by atoms with Crippen molar-refractivity contribution >= 4 is 50.7 Å². The molecule has 228 valence electrons. The highest BCUT2D eigenvalue weighted by molar-refractivity contribution is 7.46. The molecule has 0 aliphatic carbocycles. The molecule has 5 atom stereocenters. The van der Waals surface area contributed by atoms with Gasteiger partial charge >= 0.3 is 7.82 Å². The molecule has 6 N–H and O–H groups in total. The van der Waals surface area contributed by atoms with E-state index in [1.54, 1.807) is 28.8 Å². The highest BCUT2D eigenvalue weighted by Crippen LogP contribution is 2.38. The number of ether oxygens (including phenoxy) is 2.